The van der Waals surface area contributed by atoms with Crippen LogP contribution in [0.1, 0.15) is 75.5 Å². The summed E-state index contributed by atoms with van der Waals surface area (Å²) < 4.78 is 0. The van der Waals surface area contributed by atoms with E-state index in [1.165, 1.54) is 12.8 Å². The number of rotatable bonds is 8. The minimum Gasteiger partial charge on any atom is -0.351 e. The quantitative estimate of drug-likeness (QED) is 0.513. The molecule has 0 aromatic heterocycles. The van der Waals surface area contributed by atoms with Crippen molar-refractivity contribution in [2.45, 2.75) is 77.3 Å². The number of benzene rings is 1. The van der Waals surface area contributed by atoms with Crippen molar-refractivity contribution >= 4 is 23.4 Å². The number of nitrogens with zero attached hydrogens (tertiary/aromatic N) is 1. The van der Waals surface area contributed by atoms with Crippen LogP contribution in [0.15, 0.2) is 24.3 Å². The second-order valence-electron chi connectivity index (χ2n) is 7.58. The van der Waals surface area contributed by atoms with E-state index in [4.69, 9.17) is 11.6 Å². The smallest absolute Gasteiger partial charge is 0.247 e. The van der Waals surface area contributed by atoms with Gasteiger partial charge in [0.2, 0.25) is 11.8 Å². The molecule has 4 nitrogen and oxygen atoms in total. The molecule has 2 rings (SSSR count). The lowest BCUT2D eigenvalue weighted by atomic mass is 10.0. The number of unbranched alkanes of at least 4 members (excludes halogenated alkanes) is 1. The Balaban J connectivity index is 2.27. The number of carbonyl (C=O) groups excluding carboxylic acids is 2. The maximum Gasteiger partial charge on any atom is 0.247 e. The SMILES string of the molecule is CCCCN(C(=O)CCl)[C@H](C(=O)NC1CCCCCC1)c1ccc(C)cc1. The molecule has 1 fully saturated rings. The zero-order valence-corrected chi connectivity index (χ0v) is 17.4. The van der Waals surface area contributed by atoms with Crippen LogP contribution in [0.25, 0.3) is 0 Å². The van der Waals surface area contributed by atoms with Crippen LogP contribution in [0.4, 0.5) is 0 Å². The molecule has 1 saturated carbocycles. The van der Waals surface area contributed by atoms with Gasteiger partial charge in [-0.15, -0.1) is 11.6 Å². The van der Waals surface area contributed by atoms with Crippen molar-refractivity contribution < 1.29 is 9.59 Å². The molecule has 1 atom stereocenters. The zero-order chi connectivity index (χ0) is 19.6. The maximum absolute atomic E-state index is 13.3. The van der Waals surface area contributed by atoms with Gasteiger partial charge in [-0.2, -0.15) is 0 Å². The van der Waals surface area contributed by atoms with Gasteiger partial charge >= 0.3 is 0 Å². The number of aryl methyl sites for hydroxylation is 1. The highest BCUT2D eigenvalue weighted by molar-refractivity contribution is 6.27. The zero-order valence-electron chi connectivity index (χ0n) is 16.7. The first kappa shape index (κ1) is 21.7. The molecule has 1 aromatic carbocycles. The van der Waals surface area contributed by atoms with Crippen LogP contribution in [0.3, 0.4) is 0 Å². The van der Waals surface area contributed by atoms with Gasteiger partial charge in [0, 0.05) is 12.6 Å². The van der Waals surface area contributed by atoms with Crippen LogP contribution in [-0.4, -0.2) is 35.2 Å². The van der Waals surface area contributed by atoms with Gasteiger partial charge in [0.15, 0.2) is 0 Å². The summed E-state index contributed by atoms with van der Waals surface area (Å²) in [4.78, 5) is 27.5. The fraction of sp³-hybridized carbons (Fsp3) is 0.636. The Hall–Kier alpha value is -1.55. The lowest BCUT2D eigenvalue weighted by molar-refractivity contribution is -0.139. The second kappa shape index (κ2) is 11.3. The fourth-order valence-electron chi connectivity index (χ4n) is 3.73. The Morgan fingerprint density at radius 3 is 2.33 bits per heavy atom. The van der Waals surface area contributed by atoms with Crippen LogP contribution in [0.2, 0.25) is 0 Å². The number of amides is 2. The summed E-state index contributed by atoms with van der Waals surface area (Å²) in [6.07, 6.45) is 8.62. The van der Waals surface area contributed by atoms with Crippen LogP contribution in [0.5, 0.6) is 0 Å². The van der Waals surface area contributed by atoms with Crippen molar-refractivity contribution in [3.05, 3.63) is 35.4 Å². The first-order chi connectivity index (χ1) is 13.1. The predicted molar refractivity (Wildman–Crippen MR) is 111 cm³/mol. The van der Waals surface area contributed by atoms with E-state index in [1.54, 1.807) is 4.90 Å². The van der Waals surface area contributed by atoms with Gasteiger partial charge in [0.05, 0.1) is 0 Å². The molecule has 0 saturated heterocycles. The number of alkyl halides is 1. The molecular formula is C22H33ClN2O2. The average molecular weight is 393 g/mol. The van der Waals surface area contributed by atoms with Crippen molar-refractivity contribution in [3.8, 4) is 0 Å². The molecule has 1 aromatic rings. The van der Waals surface area contributed by atoms with E-state index in [9.17, 15) is 9.59 Å². The molecule has 0 spiro atoms. The topological polar surface area (TPSA) is 49.4 Å². The second-order valence-corrected chi connectivity index (χ2v) is 7.85. The van der Waals surface area contributed by atoms with Gasteiger partial charge in [0.1, 0.15) is 11.9 Å². The largest absolute Gasteiger partial charge is 0.351 e. The Kier molecular flexibility index (Phi) is 9.12. The van der Waals surface area contributed by atoms with Gasteiger partial charge in [-0.05, 0) is 31.7 Å². The normalized spacial score (nSPS) is 16.4. The van der Waals surface area contributed by atoms with Crippen LogP contribution in [0, 0.1) is 6.92 Å². The molecule has 1 N–H and O–H groups in total. The number of hydrogen-bond acceptors (Lipinski definition) is 2. The van der Waals surface area contributed by atoms with E-state index in [0.29, 0.717) is 6.54 Å². The Morgan fingerprint density at radius 2 is 1.78 bits per heavy atom. The van der Waals surface area contributed by atoms with E-state index in [0.717, 1.165) is 49.7 Å². The summed E-state index contributed by atoms with van der Waals surface area (Å²) in [6, 6.07) is 7.47. The molecule has 2 amide bonds. The Labute approximate surface area is 168 Å². The van der Waals surface area contributed by atoms with E-state index in [2.05, 4.69) is 12.2 Å². The van der Waals surface area contributed by atoms with Gasteiger partial charge in [-0.3, -0.25) is 9.59 Å². The minimum atomic E-state index is -0.619. The van der Waals surface area contributed by atoms with Crippen LogP contribution >= 0.6 is 11.6 Å². The van der Waals surface area contributed by atoms with E-state index < -0.39 is 6.04 Å². The first-order valence-corrected chi connectivity index (χ1v) is 10.8. The molecule has 1 aliphatic rings. The molecule has 150 valence electrons. The molecule has 1 aliphatic carbocycles. The van der Waals surface area contributed by atoms with Crippen molar-refractivity contribution in [1.82, 2.24) is 10.2 Å². The Bertz CT molecular complexity index is 595. The molecule has 0 heterocycles. The Morgan fingerprint density at radius 1 is 1.15 bits per heavy atom. The highest BCUT2D eigenvalue weighted by atomic mass is 35.5. The summed E-state index contributed by atoms with van der Waals surface area (Å²) in [5.41, 5.74) is 1.98. The van der Waals surface area contributed by atoms with Gasteiger partial charge in [-0.25, -0.2) is 0 Å². The summed E-state index contributed by atoms with van der Waals surface area (Å²) >= 11 is 5.88. The lowest BCUT2D eigenvalue weighted by Gasteiger charge is -2.32. The molecule has 27 heavy (non-hydrogen) atoms. The number of carbonyl (C=O) groups is 2. The number of hydrogen-bond donors (Lipinski definition) is 1. The summed E-state index contributed by atoms with van der Waals surface area (Å²) in [6.45, 7) is 4.64. The third-order valence-corrected chi connectivity index (χ3v) is 5.57. The van der Waals surface area contributed by atoms with Crippen molar-refractivity contribution in [3.63, 3.8) is 0 Å². The average Bonchev–Trinajstić information content (AvgIpc) is 2.94. The lowest BCUT2D eigenvalue weighted by Crippen LogP contribution is -2.47. The van der Waals surface area contributed by atoms with E-state index in [-0.39, 0.29) is 23.7 Å². The standard InChI is InChI=1S/C22H33ClN2O2/c1-3-4-15-25(20(26)16-23)21(18-13-11-17(2)12-14-18)22(27)24-19-9-7-5-6-8-10-19/h11-14,19,21H,3-10,15-16H2,1-2H3,(H,24,27)/t21-/m0/s1. The summed E-state index contributed by atoms with van der Waals surface area (Å²) in [5, 5.41) is 3.23. The summed E-state index contributed by atoms with van der Waals surface area (Å²) in [7, 11) is 0. The van der Waals surface area contributed by atoms with Crippen molar-refractivity contribution in [1.29, 1.82) is 0 Å². The molecule has 0 unspecified atom stereocenters. The predicted octanol–water partition coefficient (Wildman–Crippen LogP) is 4.74. The van der Waals surface area contributed by atoms with Crippen molar-refractivity contribution in [2.75, 3.05) is 12.4 Å². The van der Waals surface area contributed by atoms with Gasteiger partial charge in [0.25, 0.3) is 0 Å². The maximum atomic E-state index is 13.3. The molecular weight excluding hydrogens is 360 g/mol. The molecule has 0 aliphatic heterocycles. The molecule has 0 bridgehead atoms. The molecule has 0 radical (unpaired) electrons. The van der Waals surface area contributed by atoms with E-state index in [1.807, 2.05) is 31.2 Å². The number of nitrogens with one attached hydrogen (secondary N) is 1. The monoisotopic (exact) mass is 392 g/mol. The van der Waals surface area contributed by atoms with Crippen LogP contribution in [-0.2, 0) is 9.59 Å². The minimum absolute atomic E-state index is 0.0830. The third-order valence-electron chi connectivity index (χ3n) is 5.34. The number of halogens is 1. The summed E-state index contributed by atoms with van der Waals surface area (Å²) in [5.74, 6) is -0.380. The first-order valence-electron chi connectivity index (χ1n) is 10.3. The van der Waals surface area contributed by atoms with Crippen LogP contribution < -0.4 is 5.32 Å². The fourth-order valence-corrected chi connectivity index (χ4v) is 3.88. The molecule has 5 heteroatoms. The highest BCUT2D eigenvalue weighted by Gasteiger charge is 2.31. The van der Waals surface area contributed by atoms with Gasteiger partial charge in [-0.1, -0.05) is 68.9 Å². The third kappa shape index (κ3) is 6.53. The van der Waals surface area contributed by atoms with Gasteiger partial charge < -0.3 is 10.2 Å². The highest BCUT2D eigenvalue weighted by Crippen LogP contribution is 2.25. The van der Waals surface area contributed by atoms with E-state index >= 15 is 0 Å². The van der Waals surface area contributed by atoms with Crippen molar-refractivity contribution in [2.24, 2.45) is 0 Å².